The van der Waals surface area contributed by atoms with Crippen LogP contribution in [0.4, 0.5) is 0 Å². The second-order valence-corrected chi connectivity index (χ2v) is 4.37. The van der Waals surface area contributed by atoms with Crippen LogP contribution in [0.25, 0.3) is 10.9 Å². The van der Waals surface area contributed by atoms with Crippen molar-refractivity contribution in [1.29, 1.82) is 0 Å². The Morgan fingerprint density at radius 2 is 1.89 bits per heavy atom. The first-order valence-electron chi connectivity index (χ1n) is 5.93. The lowest BCUT2D eigenvalue weighted by atomic mass is 10.0. The van der Waals surface area contributed by atoms with E-state index in [-0.39, 0.29) is 0 Å². The summed E-state index contributed by atoms with van der Waals surface area (Å²) in [6.45, 7) is 1.97. The Bertz CT molecular complexity index is 673. The second kappa shape index (κ2) is 4.27. The number of benzene rings is 1. The van der Waals surface area contributed by atoms with Crippen LogP contribution in [0.15, 0.2) is 48.7 Å². The summed E-state index contributed by atoms with van der Waals surface area (Å²) < 4.78 is 0. The summed E-state index contributed by atoms with van der Waals surface area (Å²) in [5.74, 6) is 0. The van der Waals surface area contributed by atoms with E-state index in [4.69, 9.17) is 0 Å². The molecule has 0 saturated carbocycles. The van der Waals surface area contributed by atoms with Crippen molar-refractivity contribution in [3.63, 3.8) is 0 Å². The molecule has 3 heteroatoms. The van der Waals surface area contributed by atoms with Gasteiger partial charge in [0.1, 0.15) is 6.10 Å². The van der Waals surface area contributed by atoms with Gasteiger partial charge in [0.25, 0.3) is 0 Å². The number of hydrogen-bond donors (Lipinski definition) is 2. The zero-order chi connectivity index (χ0) is 12.5. The van der Waals surface area contributed by atoms with Crippen LogP contribution in [-0.4, -0.2) is 15.1 Å². The van der Waals surface area contributed by atoms with E-state index in [1.807, 2.05) is 49.4 Å². The first-order chi connectivity index (χ1) is 8.77. The van der Waals surface area contributed by atoms with Gasteiger partial charge in [-0.2, -0.15) is 0 Å². The molecule has 0 radical (unpaired) electrons. The summed E-state index contributed by atoms with van der Waals surface area (Å²) in [7, 11) is 0. The van der Waals surface area contributed by atoms with Gasteiger partial charge in [0, 0.05) is 28.4 Å². The van der Waals surface area contributed by atoms with Crippen molar-refractivity contribution >= 4 is 10.9 Å². The number of pyridine rings is 1. The van der Waals surface area contributed by atoms with Crippen LogP contribution in [0.5, 0.6) is 0 Å². The highest BCUT2D eigenvalue weighted by Crippen LogP contribution is 2.30. The summed E-state index contributed by atoms with van der Waals surface area (Å²) in [5.41, 5.74) is 3.60. The summed E-state index contributed by atoms with van der Waals surface area (Å²) in [6.07, 6.45) is 1.00. The first kappa shape index (κ1) is 11.0. The largest absolute Gasteiger partial charge is 0.382 e. The minimum Gasteiger partial charge on any atom is -0.382 e. The molecule has 0 fully saturated rings. The fraction of sp³-hybridized carbons (Fsp3) is 0.133. The Morgan fingerprint density at radius 3 is 2.67 bits per heavy atom. The maximum Gasteiger partial charge on any atom is 0.123 e. The van der Waals surface area contributed by atoms with Gasteiger partial charge in [-0.15, -0.1) is 0 Å². The third kappa shape index (κ3) is 1.69. The summed E-state index contributed by atoms with van der Waals surface area (Å²) in [6, 6.07) is 13.6. The molecule has 0 spiro atoms. The predicted molar refractivity (Wildman–Crippen MR) is 71.3 cm³/mol. The summed E-state index contributed by atoms with van der Waals surface area (Å²) in [4.78, 5) is 7.51. The van der Waals surface area contributed by atoms with E-state index in [0.717, 1.165) is 22.2 Å². The number of nitrogens with one attached hydrogen (secondary N) is 1. The van der Waals surface area contributed by atoms with Crippen LogP contribution >= 0.6 is 0 Å². The van der Waals surface area contributed by atoms with Gasteiger partial charge >= 0.3 is 0 Å². The molecular weight excluding hydrogens is 224 g/mol. The van der Waals surface area contributed by atoms with Gasteiger partial charge in [0.05, 0.1) is 5.69 Å². The number of fused-ring (bicyclic) bond motifs is 1. The van der Waals surface area contributed by atoms with Crippen molar-refractivity contribution in [3.8, 4) is 0 Å². The zero-order valence-corrected chi connectivity index (χ0v) is 10.1. The highest BCUT2D eigenvalue weighted by atomic mass is 16.3. The van der Waals surface area contributed by atoms with Gasteiger partial charge in [0.15, 0.2) is 0 Å². The lowest BCUT2D eigenvalue weighted by Crippen LogP contribution is -2.02. The molecule has 0 amide bonds. The van der Waals surface area contributed by atoms with Crippen molar-refractivity contribution < 1.29 is 5.11 Å². The van der Waals surface area contributed by atoms with Gasteiger partial charge in [-0.25, -0.2) is 0 Å². The number of nitrogens with zero attached hydrogens (tertiary/aromatic N) is 1. The van der Waals surface area contributed by atoms with Crippen LogP contribution in [0.1, 0.15) is 23.1 Å². The lowest BCUT2D eigenvalue weighted by molar-refractivity contribution is 0.216. The molecule has 0 aliphatic heterocycles. The number of para-hydroxylation sites is 1. The molecule has 0 unspecified atom stereocenters. The molecule has 3 rings (SSSR count). The van der Waals surface area contributed by atoms with Crippen LogP contribution in [0.3, 0.4) is 0 Å². The Kier molecular flexibility index (Phi) is 2.61. The fourth-order valence-corrected chi connectivity index (χ4v) is 2.34. The van der Waals surface area contributed by atoms with Gasteiger partial charge in [-0.1, -0.05) is 24.3 Å². The molecule has 0 bridgehead atoms. The average molecular weight is 238 g/mol. The number of hydrogen-bond acceptors (Lipinski definition) is 2. The van der Waals surface area contributed by atoms with E-state index >= 15 is 0 Å². The Morgan fingerprint density at radius 1 is 1.11 bits per heavy atom. The molecule has 2 aromatic heterocycles. The van der Waals surface area contributed by atoms with Crippen molar-refractivity contribution in [2.45, 2.75) is 13.0 Å². The molecule has 2 N–H and O–H groups in total. The third-order valence-electron chi connectivity index (χ3n) is 3.18. The number of aromatic nitrogens is 2. The standard InChI is InChI=1S/C15H14N2O/c1-10-14(11-6-2-3-7-12(11)17-10)15(18)13-8-4-5-9-16-13/h2-9,15,17-18H,1H3/t15-/m0/s1. The number of H-pyrrole nitrogens is 1. The van der Waals surface area contributed by atoms with Crippen LogP contribution in [0.2, 0.25) is 0 Å². The molecule has 0 aliphatic carbocycles. The summed E-state index contributed by atoms with van der Waals surface area (Å²) in [5, 5.41) is 11.5. The van der Waals surface area contributed by atoms with Crippen molar-refractivity contribution in [1.82, 2.24) is 9.97 Å². The normalized spacial score (nSPS) is 12.8. The molecule has 1 aromatic carbocycles. The van der Waals surface area contributed by atoms with E-state index in [9.17, 15) is 5.11 Å². The van der Waals surface area contributed by atoms with Crippen molar-refractivity contribution in [3.05, 3.63) is 65.6 Å². The smallest absolute Gasteiger partial charge is 0.123 e. The molecule has 90 valence electrons. The minimum absolute atomic E-state index is 0.672. The van der Waals surface area contributed by atoms with Crippen LogP contribution in [-0.2, 0) is 0 Å². The summed E-state index contributed by atoms with van der Waals surface area (Å²) >= 11 is 0. The highest BCUT2D eigenvalue weighted by molar-refractivity contribution is 5.85. The van der Waals surface area contributed by atoms with E-state index in [1.54, 1.807) is 6.20 Å². The van der Waals surface area contributed by atoms with Gasteiger partial charge in [0.2, 0.25) is 0 Å². The predicted octanol–water partition coefficient (Wildman–Crippen LogP) is 2.95. The Hall–Kier alpha value is -2.13. The Labute approximate surface area is 105 Å². The van der Waals surface area contributed by atoms with Gasteiger partial charge < -0.3 is 10.1 Å². The fourth-order valence-electron chi connectivity index (χ4n) is 2.34. The SMILES string of the molecule is Cc1[nH]c2ccccc2c1[C@@H](O)c1ccccn1. The maximum absolute atomic E-state index is 10.5. The lowest BCUT2D eigenvalue weighted by Gasteiger charge is -2.10. The minimum atomic E-state index is -0.692. The molecular formula is C15H14N2O. The monoisotopic (exact) mass is 238 g/mol. The van der Waals surface area contributed by atoms with E-state index in [2.05, 4.69) is 9.97 Å². The second-order valence-electron chi connectivity index (χ2n) is 4.37. The number of aliphatic hydroxyl groups excluding tert-OH is 1. The van der Waals surface area contributed by atoms with Crippen molar-refractivity contribution in [2.75, 3.05) is 0 Å². The number of aromatic amines is 1. The molecule has 3 nitrogen and oxygen atoms in total. The number of aliphatic hydroxyl groups is 1. The van der Waals surface area contributed by atoms with E-state index < -0.39 is 6.10 Å². The number of rotatable bonds is 2. The molecule has 0 aliphatic rings. The molecule has 2 heterocycles. The van der Waals surface area contributed by atoms with Crippen LogP contribution < -0.4 is 0 Å². The number of aryl methyl sites for hydroxylation is 1. The quantitative estimate of drug-likeness (QED) is 0.721. The Balaban J connectivity index is 2.17. The highest BCUT2D eigenvalue weighted by Gasteiger charge is 2.18. The molecule has 1 atom stereocenters. The van der Waals surface area contributed by atoms with Crippen LogP contribution in [0, 0.1) is 6.92 Å². The first-order valence-corrected chi connectivity index (χ1v) is 5.93. The van der Waals surface area contributed by atoms with E-state index in [0.29, 0.717) is 5.69 Å². The molecule has 3 aromatic rings. The van der Waals surface area contributed by atoms with Crippen molar-refractivity contribution in [2.24, 2.45) is 0 Å². The third-order valence-corrected chi connectivity index (χ3v) is 3.18. The molecule has 0 saturated heterocycles. The topological polar surface area (TPSA) is 48.9 Å². The molecule has 18 heavy (non-hydrogen) atoms. The zero-order valence-electron chi connectivity index (χ0n) is 10.1. The average Bonchev–Trinajstić information content (AvgIpc) is 2.75. The van der Waals surface area contributed by atoms with Gasteiger partial charge in [-0.05, 0) is 25.1 Å². The van der Waals surface area contributed by atoms with E-state index in [1.165, 1.54) is 0 Å². The van der Waals surface area contributed by atoms with Gasteiger partial charge in [-0.3, -0.25) is 4.98 Å². The maximum atomic E-state index is 10.5.